The van der Waals surface area contributed by atoms with Crippen molar-refractivity contribution < 1.29 is 41.2 Å². The molecule has 4 saturated carbocycles. The van der Waals surface area contributed by atoms with E-state index in [4.69, 9.17) is 18.4 Å². The summed E-state index contributed by atoms with van der Waals surface area (Å²) in [6.07, 6.45) is 6.54. The summed E-state index contributed by atoms with van der Waals surface area (Å²) in [6.45, 7) is 9.50. The molecule has 228 valence electrons. The molecule has 0 radical (unpaired) electrons. The Bertz CT molecular complexity index is 1090. The number of hydrogen-bond donors (Lipinski definition) is 0. The van der Waals surface area contributed by atoms with Crippen molar-refractivity contribution in [2.75, 3.05) is 13.4 Å². The predicted molar refractivity (Wildman–Crippen MR) is 147 cm³/mol. The van der Waals surface area contributed by atoms with Crippen molar-refractivity contribution in [3.63, 3.8) is 0 Å². The van der Waals surface area contributed by atoms with Crippen molar-refractivity contribution in [3.05, 3.63) is 0 Å². The Labute approximate surface area is 239 Å². The zero-order chi connectivity index (χ0) is 29.6. The molecular weight excluding hydrogens is 536 g/mol. The number of methoxy groups -OCH3 is 1. The van der Waals surface area contributed by atoms with Gasteiger partial charge in [0.2, 0.25) is 0 Å². The summed E-state index contributed by atoms with van der Waals surface area (Å²) in [4.78, 5) is 36.0. The van der Waals surface area contributed by atoms with E-state index in [0.29, 0.717) is 32.1 Å². The van der Waals surface area contributed by atoms with Crippen molar-refractivity contribution in [3.8, 4) is 0 Å². The molecule has 0 aliphatic heterocycles. The van der Waals surface area contributed by atoms with Crippen molar-refractivity contribution in [2.45, 2.75) is 111 Å². The van der Waals surface area contributed by atoms with E-state index in [1.54, 1.807) is 0 Å². The lowest BCUT2D eigenvalue weighted by atomic mass is 9.43. The van der Waals surface area contributed by atoms with Crippen molar-refractivity contribution in [1.29, 1.82) is 0 Å². The highest BCUT2D eigenvalue weighted by molar-refractivity contribution is 7.86. The molecule has 0 bridgehead atoms. The number of rotatable bonds is 8. The van der Waals surface area contributed by atoms with Gasteiger partial charge in [-0.15, -0.1) is 0 Å². The maximum absolute atomic E-state index is 12.6. The molecule has 4 aliphatic carbocycles. The molecular formula is C30H48O9S. The lowest BCUT2D eigenvalue weighted by Gasteiger charge is -2.64. The second kappa shape index (κ2) is 11.5. The highest BCUT2D eigenvalue weighted by Gasteiger charge is 2.67. The van der Waals surface area contributed by atoms with Crippen LogP contribution in [0.2, 0.25) is 0 Å². The molecule has 0 saturated heterocycles. The predicted octanol–water partition coefficient (Wildman–Crippen LogP) is 4.66. The average Bonchev–Trinajstić information content (AvgIpc) is 3.20. The van der Waals surface area contributed by atoms with E-state index in [0.717, 1.165) is 31.9 Å². The third-order valence-electron chi connectivity index (χ3n) is 11.4. The number of carbonyl (C=O) groups excluding carboxylic acids is 3. The van der Waals surface area contributed by atoms with Crippen molar-refractivity contribution >= 4 is 28.0 Å². The highest BCUT2D eigenvalue weighted by atomic mass is 32.2. The van der Waals surface area contributed by atoms with Crippen LogP contribution in [0.1, 0.15) is 92.4 Å². The maximum Gasteiger partial charge on any atom is 0.305 e. The standard InChI is InChI=1S/C30H48O9S/c1-17(8-11-27(33)36-6)22-9-10-23-28-24(16-26(30(22,23)5)39-40(7,34)35)29(4)13-12-21(37-18(2)31)14-20(29)15-25(28)38-19(3)32/h17,20-26,28H,8-16H2,1-7H3/t17-,20+,21-,22-,23+,24+,25+,26+,28+,29+,30-/m1/s1. The zero-order valence-corrected chi connectivity index (χ0v) is 26.0. The van der Waals surface area contributed by atoms with Crippen LogP contribution in [-0.2, 0) is 42.9 Å². The molecule has 4 rings (SSSR count). The Hall–Kier alpha value is -1.68. The Kier molecular flexibility index (Phi) is 9.02. The van der Waals surface area contributed by atoms with Gasteiger partial charge in [-0.2, -0.15) is 8.42 Å². The van der Waals surface area contributed by atoms with E-state index in [1.807, 2.05) is 0 Å². The molecule has 0 aromatic carbocycles. The van der Waals surface area contributed by atoms with Crippen LogP contribution in [0, 0.1) is 46.3 Å². The molecule has 40 heavy (non-hydrogen) atoms. The van der Waals surface area contributed by atoms with Crippen LogP contribution in [0.3, 0.4) is 0 Å². The molecule has 0 spiro atoms. The molecule has 0 aromatic rings. The first-order valence-corrected chi connectivity index (χ1v) is 16.7. The van der Waals surface area contributed by atoms with Gasteiger partial charge in [0.15, 0.2) is 0 Å². The molecule has 4 fully saturated rings. The first-order valence-electron chi connectivity index (χ1n) is 14.9. The molecule has 0 N–H and O–H groups in total. The van der Waals surface area contributed by atoms with Gasteiger partial charge in [0.05, 0.1) is 19.5 Å². The van der Waals surface area contributed by atoms with Gasteiger partial charge >= 0.3 is 17.9 Å². The van der Waals surface area contributed by atoms with Crippen LogP contribution in [-0.4, -0.2) is 58.0 Å². The van der Waals surface area contributed by atoms with Gasteiger partial charge in [-0.05, 0) is 86.4 Å². The first kappa shape index (κ1) is 31.3. The van der Waals surface area contributed by atoms with E-state index >= 15 is 0 Å². The molecule has 0 aromatic heterocycles. The first-order chi connectivity index (χ1) is 18.6. The SMILES string of the molecule is COC(=O)CC[C@@H](C)[C@H]1CC[C@H]2[C@@H]3[C@@H](OC(C)=O)C[C@@H]4C[C@H](OC(C)=O)CC[C@]4(C)[C@H]3C[C@H](OS(C)(=O)=O)[C@]12C. The summed E-state index contributed by atoms with van der Waals surface area (Å²) >= 11 is 0. The molecule has 0 amide bonds. The minimum absolute atomic E-state index is 0.0812. The Morgan fingerprint density at radius 2 is 1.62 bits per heavy atom. The number of carbonyl (C=O) groups is 3. The molecule has 4 aliphatic rings. The summed E-state index contributed by atoms with van der Waals surface area (Å²) in [6, 6.07) is 0. The second-order valence-corrected chi connectivity index (χ2v) is 15.1. The number of hydrogen-bond acceptors (Lipinski definition) is 9. The van der Waals surface area contributed by atoms with E-state index in [2.05, 4.69) is 20.8 Å². The minimum atomic E-state index is -3.74. The van der Waals surface area contributed by atoms with Crippen LogP contribution in [0.4, 0.5) is 0 Å². The maximum atomic E-state index is 12.6. The van der Waals surface area contributed by atoms with Gasteiger partial charge in [-0.3, -0.25) is 18.6 Å². The summed E-state index contributed by atoms with van der Waals surface area (Å²) in [7, 11) is -2.35. The lowest BCUT2D eigenvalue weighted by Crippen LogP contribution is -2.63. The Balaban J connectivity index is 1.72. The fourth-order valence-corrected chi connectivity index (χ4v) is 10.5. The fraction of sp³-hybridized carbons (Fsp3) is 0.900. The largest absolute Gasteiger partial charge is 0.469 e. The van der Waals surface area contributed by atoms with Gasteiger partial charge < -0.3 is 14.2 Å². The topological polar surface area (TPSA) is 122 Å². The second-order valence-electron chi connectivity index (χ2n) is 13.5. The molecule has 9 nitrogen and oxygen atoms in total. The van der Waals surface area contributed by atoms with Crippen LogP contribution in [0.5, 0.6) is 0 Å². The molecule has 0 heterocycles. The highest BCUT2D eigenvalue weighted by Crippen LogP contribution is 2.69. The summed E-state index contributed by atoms with van der Waals surface area (Å²) in [5, 5.41) is 0. The quantitative estimate of drug-likeness (QED) is 0.228. The summed E-state index contributed by atoms with van der Waals surface area (Å²) in [5.74, 6) is -0.0607. The smallest absolute Gasteiger partial charge is 0.305 e. The van der Waals surface area contributed by atoms with Crippen LogP contribution >= 0.6 is 0 Å². The average molecular weight is 585 g/mol. The van der Waals surface area contributed by atoms with Crippen molar-refractivity contribution in [1.82, 2.24) is 0 Å². The Morgan fingerprint density at radius 3 is 2.23 bits per heavy atom. The third-order valence-corrected chi connectivity index (χ3v) is 12.0. The summed E-state index contributed by atoms with van der Waals surface area (Å²) in [5.41, 5.74) is -0.580. The number of esters is 3. The van der Waals surface area contributed by atoms with E-state index in [9.17, 15) is 22.8 Å². The van der Waals surface area contributed by atoms with Gasteiger partial charge in [0.1, 0.15) is 12.2 Å². The number of fused-ring (bicyclic) bond motifs is 5. The zero-order valence-electron chi connectivity index (χ0n) is 25.1. The monoisotopic (exact) mass is 584 g/mol. The van der Waals surface area contributed by atoms with Crippen LogP contribution < -0.4 is 0 Å². The molecule has 10 heteroatoms. The van der Waals surface area contributed by atoms with E-state index in [1.165, 1.54) is 21.0 Å². The number of ether oxygens (including phenoxy) is 3. The van der Waals surface area contributed by atoms with Crippen LogP contribution in [0.15, 0.2) is 0 Å². The fourth-order valence-electron chi connectivity index (χ4n) is 9.74. The van der Waals surface area contributed by atoms with Gasteiger partial charge in [-0.1, -0.05) is 20.8 Å². The lowest BCUT2D eigenvalue weighted by molar-refractivity contribution is -0.213. The minimum Gasteiger partial charge on any atom is -0.469 e. The van der Waals surface area contributed by atoms with Gasteiger partial charge in [0, 0.05) is 31.6 Å². The van der Waals surface area contributed by atoms with Gasteiger partial charge in [0.25, 0.3) is 10.1 Å². The summed E-state index contributed by atoms with van der Waals surface area (Å²) < 4.78 is 47.8. The van der Waals surface area contributed by atoms with Crippen molar-refractivity contribution in [2.24, 2.45) is 46.3 Å². The van der Waals surface area contributed by atoms with Crippen LogP contribution in [0.25, 0.3) is 0 Å². The third kappa shape index (κ3) is 5.94. The molecule has 11 atom stereocenters. The molecule has 0 unspecified atom stereocenters. The normalized spacial score (nSPS) is 41.6. The van der Waals surface area contributed by atoms with Gasteiger partial charge in [-0.25, -0.2) is 0 Å². The Morgan fingerprint density at radius 1 is 0.950 bits per heavy atom. The van der Waals surface area contributed by atoms with E-state index in [-0.39, 0.29) is 71.0 Å². The van der Waals surface area contributed by atoms with E-state index < -0.39 is 21.6 Å².